The van der Waals surface area contributed by atoms with E-state index in [-0.39, 0.29) is 24.0 Å². The highest BCUT2D eigenvalue weighted by molar-refractivity contribution is 14.0. The molecule has 8 heteroatoms. The van der Waals surface area contributed by atoms with Gasteiger partial charge in [0.15, 0.2) is 5.96 Å². The molecule has 0 saturated carbocycles. The minimum Gasteiger partial charge on any atom is -0.497 e. The van der Waals surface area contributed by atoms with E-state index in [4.69, 9.17) is 14.5 Å². The van der Waals surface area contributed by atoms with Crippen LogP contribution in [0.4, 0.5) is 5.69 Å². The topological polar surface area (TPSA) is 61.4 Å². The molecule has 2 heterocycles. The lowest BCUT2D eigenvalue weighted by molar-refractivity contribution is 0.242. The number of methoxy groups -OCH3 is 2. The number of nitrogens with one attached hydrogen (secondary N) is 2. The molecule has 0 amide bonds. The Bertz CT molecular complexity index is 674. The van der Waals surface area contributed by atoms with Crippen LogP contribution in [0.25, 0.3) is 0 Å². The van der Waals surface area contributed by atoms with Gasteiger partial charge in [-0.3, -0.25) is 9.89 Å². The molecular formula is C23H40IN5O2. The molecule has 2 unspecified atom stereocenters. The molecule has 0 radical (unpaired) electrons. The van der Waals surface area contributed by atoms with E-state index in [2.05, 4.69) is 46.4 Å². The first-order valence-corrected chi connectivity index (χ1v) is 11.4. The second-order valence-electron chi connectivity index (χ2n) is 8.17. The van der Waals surface area contributed by atoms with E-state index in [9.17, 15) is 0 Å². The van der Waals surface area contributed by atoms with Crippen molar-refractivity contribution in [3.63, 3.8) is 0 Å². The van der Waals surface area contributed by atoms with E-state index in [1.165, 1.54) is 25.9 Å². The van der Waals surface area contributed by atoms with Gasteiger partial charge >= 0.3 is 0 Å². The average Bonchev–Trinajstić information content (AvgIpc) is 3.46. The zero-order valence-corrected chi connectivity index (χ0v) is 21.9. The van der Waals surface area contributed by atoms with Gasteiger partial charge < -0.3 is 25.0 Å². The van der Waals surface area contributed by atoms with E-state index in [1.54, 1.807) is 14.2 Å². The summed E-state index contributed by atoms with van der Waals surface area (Å²) in [6, 6.07) is 6.98. The van der Waals surface area contributed by atoms with Crippen molar-refractivity contribution >= 4 is 35.6 Å². The molecule has 176 valence electrons. The predicted molar refractivity (Wildman–Crippen MR) is 140 cm³/mol. The van der Waals surface area contributed by atoms with Gasteiger partial charge in [0.1, 0.15) is 11.5 Å². The lowest BCUT2D eigenvalue weighted by Gasteiger charge is -2.25. The fraction of sp³-hybridized carbons (Fsp3) is 0.696. The van der Waals surface area contributed by atoms with Crippen LogP contribution < -0.4 is 25.0 Å². The lowest BCUT2D eigenvalue weighted by atomic mass is 10.2. The molecule has 1 aromatic rings. The second-order valence-corrected chi connectivity index (χ2v) is 8.17. The lowest BCUT2D eigenvalue weighted by Crippen LogP contribution is -2.45. The third-order valence-electron chi connectivity index (χ3n) is 6.16. The molecule has 3 rings (SSSR count). The van der Waals surface area contributed by atoms with Crippen molar-refractivity contribution in [1.29, 1.82) is 0 Å². The van der Waals surface area contributed by atoms with Crippen molar-refractivity contribution in [1.82, 2.24) is 15.5 Å². The highest BCUT2D eigenvalue weighted by Crippen LogP contribution is 2.30. The van der Waals surface area contributed by atoms with Gasteiger partial charge in [0.25, 0.3) is 0 Å². The highest BCUT2D eigenvalue weighted by atomic mass is 127. The predicted octanol–water partition coefficient (Wildman–Crippen LogP) is 3.33. The number of hydrogen-bond acceptors (Lipinski definition) is 5. The first-order valence-electron chi connectivity index (χ1n) is 11.4. The molecule has 2 saturated heterocycles. The Morgan fingerprint density at radius 1 is 1.10 bits per heavy atom. The van der Waals surface area contributed by atoms with Crippen molar-refractivity contribution in [2.75, 3.05) is 58.4 Å². The van der Waals surface area contributed by atoms with E-state index < -0.39 is 0 Å². The number of nitrogens with zero attached hydrogens (tertiary/aromatic N) is 3. The molecule has 2 aliphatic heterocycles. The number of anilines is 1. The number of aliphatic imine (C=N–C) groups is 1. The molecule has 0 bridgehead atoms. The molecule has 2 N–H and O–H groups in total. The highest BCUT2D eigenvalue weighted by Gasteiger charge is 2.25. The Morgan fingerprint density at radius 3 is 2.35 bits per heavy atom. The minimum atomic E-state index is 0. The van der Waals surface area contributed by atoms with Crippen molar-refractivity contribution < 1.29 is 9.47 Å². The first-order chi connectivity index (χ1) is 14.7. The number of guanidine groups is 1. The summed E-state index contributed by atoms with van der Waals surface area (Å²) in [6.45, 7) is 10.5. The number of likely N-dealkylation sites (tertiary alicyclic amines) is 1. The average molecular weight is 546 g/mol. The van der Waals surface area contributed by atoms with Gasteiger partial charge in [0, 0.05) is 55.6 Å². The van der Waals surface area contributed by atoms with Gasteiger partial charge in [0.05, 0.1) is 20.8 Å². The third kappa shape index (κ3) is 7.30. The molecule has 2 atom stereocenters. The minimum absolute atomic E-state index is 0. The maximum absolute atomic E-state index is 5.43. The monoisotopic (exact) mass is 545 g/mol. The van der Waals surface area contributed by atoms with Gasteiger partial charge in [-0.15, -0.1) is 24.0 Å². The molecule has 7 nitrogen and oxygen atoms in total. The number of rotatable bonds is 9. The van der Waals surface area contributed by atoms with E-state index >= 15 is 0 Å². The zero-order valence-electron chi connectivity index (χ0n) is 19.5. The zero-order chi connectivity index (χ0) is 21.3. The Morgan fingerprint density at radius 2 is 1.77 bits per heavy atom. The van der Waals surface area contributed by atoms with Crippen LogP contribution in [0.15, 0.2) is 23.2 Å². The first kappa shape index (κ1) is 25.8. The van der Waals surface area contributed by atoms with Crippen LogP contribution in [-0.2, 0) is 0 Å². The van der Waals surface area contributed by atoms with Gasteiger partial charge in [-0.1, -0.05) is 6.92 Å². The summed E-state index contributed by atoms with van der Waals surface area (Å²) in [5.41, 5.74) is 1.14. The van der Waals surface area contributed by atoms with Crippen LogP contribution in [0.5, 0.6) is 11.5 Å². The fourth-order valence-electron chi connectivity index (χ4n) is 4.41. The molecule has 31 heavy (non-hydrogen) atoms. The van der Waals surface area contributed by atoms with E-state index in [0.29, 0.717) is 12.1 Å². The SMILES string of the molecule is CCNC(=NCC(CC)N1CCCC1)NC1CCN(c2cc(OC)cc(OC)c2)C1.I. The van der Waals surface area contributed by atoms with Crippen molar-refractivity contribution in [3.8, 4) is 11.5 Å². The Labute approximate surface area is 205 Å². The number of ether oxygens (including phenoxy) is 2. The van der Waals surface area contributed by atoms with Gasteiger partial charge in [-0.2, -0.15) is 0 Å². The van der Waals surface area contributed by atoms with Crippen LogP contribution in [0.2, 0.25) is 0 Å². The molecule has 0 spiro atoms. The van der Waals surface area contributed by atoms with Crippen molar-refractivity contribution in [2.45, 2.75) is 51.6 Å². The molecule has 2 aliphatic rings. The van der Waals surface area contributed by atoms with Crippen LogP contribution in [0, 0.1) is 0 Å². The fourth-order valence-corrected chi connectivity index (χ4v) is 4.41. The summed E-state index contributed by atoms with van der Waals surface area (Å²) in [4.78, 5) is 9.92. The standard InChI is InChI=1S/C23H39N5O2.HI/c1-5-19(27-10-7-8-11-27)16-25-23(24-6-2)26-18-9-12-28(17-18)20-13-21(29-3)15-22(14-20)30-4;/h13-15,18-19H,5-12,16-17H2,1-4H3,(H2,24,25,26);1H. The van der Waals surface area contributed by atoms with Gasteiger partial charge in [-0.05, 0) is 45.7 Å². The second kappa shape index (κ2) is 13.2. The molecule has 1 aromatic carbocycles. The quantitative estimate of drug-likeness (QED) is 0.282. The number of halogens is 1. The Balaban J connectivity index is 0.00000341. The van der Waals surface area contributed by atoms with Crippen molar-refractivity contribution in [3.05, 3.63) is 18.2 Å². The van der Waals surface area contributed by atoms with Crippen LogP contribution >= 0.6 is 24.0 Å². The summed E-state index contributed by atoms with van der Waals surface area (Å²) < 4.78 is 10.9. The summed E-state index contributed by atoms with van der Waals surface area (Å²) in [5, 5.41) is 7.09. The summed E-state index contributed by atoms with van der Waals surface area (Å²) >= 11 is 0. The molecule has 2 fully saturated rings. The van der Waals surface area contributed by atoms with Crippen LogP contribution in [-0.4, -0.2) is 76.4 Å². The summed E-state index contributed by atoms with van der Waals surface area (Å²) in [5.74, 6) is 2.58. The third-order valence-corrected chi connectivity index (χ3v) is 6.16. The largest absolute Gasteiger partial charge is 0.497 e. The maximum atomic E-state index is 5.43. The Hall–Kier alpha value is -1.42. The van der Waals surface area contributed by atoms with E-state index in [1.807, 2.05) is 6.07 Å². The van der Waals surface area contributed by atoms with Gasteiger partial charge in [0.2, 0.25) is 0 Å². The molecule has 0 aromatic heterocycles. The normalized spacial score (nSPS) is 20.3. The summed E-state index contributed by atoms with van der Waals surface area (Å²) in [6.07, 6.45) is 4.88. The number of benzene rings is 1. The van der Waals surface area contributed by atoms with Gasteiger partial charge in [-0.25, -0.2) is 0 Å². The molecular weight excluding hydrogens is 505 g/mol. The van der Waals surface area contributed by atoms with Crippen LogP contribution in [0.1, 0.15) is 39.5 Å². The van der Waals surface area contributed by atoms with E-state index in [0.717, 1.165) is 62.2 Å². The van der Waals surface area contributed by atoms with Crippen molar-refractivity contribution in [2.24, 2.45) is 4.99 Å². The smallest absolute Gasteiger partial charge is 0.191 e. The van der Waals surface area contributed by atoms with Crippen LogP contribution in [0.3, 0.4) is 0 Å². The Kier molecular flexibility index (Phi) is 11.0. The maximum Gasteiger partial charge on any atom is 0.191 e. The molecule has 0 aliphatic carbocycles. The summed E-state index contributed by atoms with van der Waals surface area (Å²) in [7, 11) is 3.38. The number of hydrogen-bond donors (Lipinski definition) is 2.